The number of hydrogen-bond donors (Lipinski definition) is 1. The smallest absolute Gasteiger partial charge is 0.317 e. The van der Waals surface area contributed by atoms with Gasteiger partial charge in [0.15, 0.2) is 0 Å². The molecule has 5 heteroatoms. The number of unbranched alkanes of at least 4 members (excludes halogenated alkanes) is 1. The van der Waals surface area contributed by atoms with Crippen molar-refractivity contribution in [1.82, 2.24) is 9.80 Å². The molecule has 0 saturated heterocycles. The summed E-state index contributed by atoms with van der Waals surface area (Å²) in [7, 11) is 3.91. The van der Waals surface area contributed by atoms with E-state index in [4.69, 9.17) is 10.4 Å². The van der Waals surface area contributed by atoms with Crippen LogP contribution in [0.15, 0.2) is 0 Å². The molecule has 0 unspecified atom stereocenters. The number of hydrogen-bond acceptors (Lipinski definition) is 4. The second-order valence-corrected chi connectivity index (χ2v) is 3.73. The zero-order valence-corrected chi connectivity index (χ0v) is 9.44. The maximum Gasteiger partial charge on any atom is 0.317 e. The second-order valence-electron chi connectivity index (χ2n) is 3.73. The van der Waals surface area contributed by atoms with Crippen molar-refractivity contribution in [1.29, 1.82) is 5.26 Å². The van der Waals surface area contributed by atoms with Crippen LogP contribution in [0.1, 0.15) is 12.8 Å². The van der Waals surface area contributed by atoms with Crippen molar-refractivity contribution in [2.45, 2.75) is 12.8 Å². The molecule has 15 heavy (non-hydrogen) atoms. The third-order valence-electron chi connectivity index (χ3n) is 1.99. The van der Waals surface area contributed by atoms with Crippen LogP contribution in [-0.4, -0.2) is 61.2 Å². The topological polar surface area (TPSA) is 67.6 Å². The van der Waals surface area contributed by atoms with Gasteiger partial charge < -0.3 is 10.0 Å². The average Bonchev–Trinajstić information content (AvgIpc) is 2.13. The summed E-state index contributed by atoms with van der Waals surface area (Å²) in [5.41, 5.74) is 0. The zero-order chi connectivity index (χ0) is 11.7. The number of aliphatic carboxylic acids is 1. The zero-order valence-electron chi connectivity index (χ0n) is 9.44. The van der Waals surface area contributed by atoms with Gasteiger partial charge in [0.2, 0.25) is 0 Å². The minimum absolute atomic E-state index is 0.0548. The first-order chi connectivity index (χ1) is 7.06. The van der Waals surface area contributed by atoms with Crippen LogP contribution in [0.4, 0.5) is 0 Å². The van der Waals surface area contributed by atoms with E-state index in [9.17, 15) is 4.79 Å². The van der Waals surface area contributed by atoms with Gasteiger partial charge in [-0.3, -0.25) is 9.69 Å². The molecule has 0 aromatic rings. The molecule has 0 aliphatic rings. The van der Waals surface area contributed by atoms with E-state index in [0.29, 0.717) is 13.0 Å². The summed E-state index contributed by atoms with van der Waals surface area (Å²) in [4.78, 5) is 14.4. The minimum atomic E-state index is -0.814. The highest BCUT2D eigenvalue weighted by Crippen LogP contribution is 1.95. The van der Waals surface area contributed by atoms with Crippen molar-refractivity contribution in [2.24, 2.45) is 0 Å². The van der Waals surface area contributed by atoms with E-state index in [1.54, 1.807) is 0 Å². The van der Waals surface area contributed by atoms with E-state index in [1.807, 2.05) is 23.9 Å². The van der Waals surface area contributed by atoms with Crippen molar-refractivity contribution in [3.63, 3.8) is 0 Å². The molecule has 0 bridgehead atoms. The quantitative estimate of drug-likeness (QED) is 0.585. The van der Waals surface area contributed by atoms with Gasteiger partial charge in [-0.1, -0.05) is 0 Å². The Balaban J connectivity index is 3.84. The van der Waals surface area contributed by atoms with Crippen LogP contribution in [0.2, 0.25) is 0 Å². The SMILES string of the molecule is CN(C)CCN(CCCC#N)CC(=O)O. The van der Waals surface area contributed by atoms with Gasteiger partial charge in [0.05, 0.1) is 12.6 Å². The lowest BCUT2D eigenvalue weighted by atomic mass is 10.3. The number of rotatable bonds is 8. The third-order valence-corrected chi connectivity index (χ3v) is 1.99. The molecule has 0 heterocycles. The van der Waals surface area contributed by atoms with E-state index in [2.05, 4.69) is 6.07 Å². The Bertz CT molecular complexity index is 223. The molecule has 0 saturated carbocycles. The fourth-order valence-corrected chi connectivity index (χ4v) is 1.18. The number of nitriles is 1. The molecule has 0 rings (SSSR count). The van der Waals surface area contributed by atoms with Gasteiger partial charge in [-0.2, -0.15) is 5.26 Å². The molecule has 0 radical (unpaired) electrons. The standard InChI is InChI=1S/C10H19N3O2/c1-12(2)7-8-13(9-10(14)15)6-4-3-5-11/h3-4,6-9H2,1-2H3,(H,14,15). The Labute approximate surface area is 90.9 Å². The number of carboxylic acid groups (broad SMARTS) is 1. The maximum atomic E-state index is 10.6. The molecule has 0 atom stereocenters. The summed E-state index contributed by atoms with van der Waals surface area (Å²) in [5.74, 6) is -0.814. The maximum absolute atomic E-state index is 10.6. The molecule has 0 spiro atoms. The molecule has 0 amide bonds. The molecule has 0 aliphatic heterocycles. The van der Waals surface area contributed by atoms with Crippen LogP contribution in [0, 0.1) is 11.3 Å². The van der Waals surface area contributed by atoms with Crippen molar-refractivity contribution < 1.29 is 9.90 Å². The molecule has 86 valence electrons. The summed E-state index contributed by atoms with van der Waals surface area (Å²) in [6.07, 6.45) is 1.22. The predicted molar refractivity (Wildman–Crippen MR) is 57.5 cm³/mol. The van der Waals surface area contributed by atoms with Gasteiger partial charge in [-0.25, -0.2) is 0 Å². The minimum Gasteiger partial charge on any atom is -0.480 e. The number of nitrogens with zero attached hydrogens (tertiary/aromatic N) is 3. The van der Waals surface area contributed by atoms with Gasteiger partial charge in [-0.15, -0.1) is 0 Å². The van der Waals surface area contributed by atoms with Gasteiger partial charge in [0.1, 0.15) is 0 Å². The Morgan fingerprint density at radius 2 is 2.00 bits per heavy atom. The van der Waals surface area contributed by atoms with Crippen LogP contribution >= 0.6 is 0 Å². The lowest BCUT2D eigenvalue weighted by Gasteiger charge is -2.21. The fraction of sp³-hybridized carbons (Fsp3) is 0.800. The molecule has 1 N–H and O–H groups in total. The molecular formula is C10H19N3O2. The third kappa shape index (κ3) is 9.19. The fourth-order valence-electron chi connectivity index (χ4n) is 1.18. The lowest BCUT2D eigenvalue weighted by Crippen LogP contribution is -2.36. The molecular weight excluding hydrogens is 194 g/mol. The molecule has 0 fully saturated rings. The first-order valence-electron chi connectivity index (χ1n) is 5.02. The highest BCUT2D eigenvalue weighted by molar-refractivity contribution is 5.69. The number of likely N-dealkylation sites (N-methyl/N-ethyl adjacent to an activating group) is 1. The predicted octanol–water partition coefficient (Wildman–Crippen LogP) is 0.238. The number of carboxylic acids is 1. The summed E-state index contributed by atoms with van der Waals surface area (Å²) >= 11 is 0. The van der Waals surface area contributed by atoms with E-state index in [1.165, 1.54) is 0 Å². The van der Waals surface area contributed by atoms with Crippen LogP contribution in [0.25, 0.3) is 0 Å². The molecule has 0 aliphatic carbocycles. The van der Waals surface area contributed by atoms with Gasteiger partial charge in [-0.05, 0) is 27.1 Å². The van der Waals surface area contributed by atoms with Gasteiger partial charge >= 0.3 is 5.97 Å². The van der Waals surface area contributed by atoms with Crippen molar-refractivity contribution in [3.8, 4) is 6.07 Å². The van der Waals surface area contributed by atoms with E-state index in [0.717, 1.165) is 19.5 Å². The summed E-state index contributed by atoms with van der Waals surface area (Å²) in [6.45, 7) is 2.29. The van der Waals surface area contributed by atoms with Crippen LogP contribution in [0.3, 0.4) is 0 Å². The van der Waals surface area contributed by atoms with Crippen LogP contribution in [0.5, 0.6) is 0 Å². The number of carbonyl (C=O) groups is 1. The normalized spacial score (nSPS) is 10.6. The Morgan fingerprint density at radius 1 is 1.33 bits per heavy atom. The van der Waals surface area contributed by atoms with Crippen LogP contribution < -0.4 is 0 Å². The van der Waals surface area contributed by atoms with E-state index < -0.39 is 5.97 Å². The van der Waals surface area contributed by atoms with Gasteiger partial charge in [0, 0.05) is 19.5 Å². The van der Waals surface area contributed by atoms with Crippen LogP contribution in [-0.2, 0) is 4.79 Å². The first-order valence-corrected chi connectivity index (χ1v) is 5.02. The Hall–Kier alpha value is -1.12. The lowest BCUT2D eigenvalue weighted by molar-refractivity contribution is -0.138. The van der Waals surface area contributed by atoms with E-state index in [-0.39, 0.29) is 6.54 Å². The van der Waals surface area contributed by atoms with Gasteiger partial charge in [0.25, 0.3) is 0 Å². The summed E-state index contributed by atoms with van der Waals surface area (Å²) in [5, 5.41) is 17.1. The molecule has 0 aromatic carbocycles. The first kappa shape index (κ1) is 13.9. The second kappa shape index (κ2) is 8.21. The monoisotopic (exact) mass is 213 g/mol. The van der Waals surface area contributed by atoms with Crippen molar-refractivity contribution in [2.75, 3.05) is 40.3 Å². The summed E-state index contributed by atoms with van der Waals surface area (Å²) < 4.78 is 0. The highest BCUT2D eigenvalue weighted by Gasteiger charge is 2.09. The highest BCUT2D eigenvalue weighted by atomic mass is 16.4. The largest absolute Gasteiger partial charge is 0.480 e. The van der Waals surface area contributed by atoms with E-state index >= 15 is 0 Å². The average molecular weight is 213 g/mol. The Kier molecular flexibility index (Phi) is 7.60. The molecule has 5 nitrogen and oxygen atoms in total. The van der Waals surface area contributed by atoms with Crippen molar-refractivity contribution >= 4 is 5.97 Å². The van der Waals surface area contributed by atoms with Crippen molar-refractivity contribution in [3.05, 3.63) is 0 Å². The summed E-state index contributed by atoms with van der Waals surface area (Å²) in [6, 6.07) is 2.06. The Morgan fingerprint density at radius 3 is 2.47 bits per heavy atom. The molecule has 0 aromatic heterocycles.